The Balaban J connectivity index is 1.51. The van der Waals surface area contributed by atoms with E-state index in [0.29, 0.717) is 30.8 Å². The molecule has 0 unspecified atom stereocenters. The number of alkyl carbamates (subject to hydrolysis) is 1. The number of amides is 2. The largest absolute Gasteiger partial charge is 0.444 e. The number of rotatable bonds is 7. The summed E-state index contributed by atoms with van der Waals surface area (Å²) in [6.07, 6.45) is 1.92. The van der Waals surface area contributed by atoms with Crippen molar-refractivity contribution in [2.75, 3.05) is 11.9 Å². The van der Waals surface area contributed by atoms with Crippen LogP contribution in [0.25, 0.3) is 5.65 Å². The summed E-state index contributed by atoms with van der Waals surface area (Å²) in [6, 6.07) is 12.7. The predicted octanol–water partition coefficient (Wildman–Crippen LogP) is 2.79. The summed E-state index contributed by atoms with van der Waals surface area (Å²) in [7, 11) is 0. The summed E-state index contributed by atoms with van der Waals surface area (Å²) in [6.45, 7) is 6.02. The van der Waals surface area contributed by atoms with Crippen molar-refractivity contribution in [1.29, 1.82) is 0 Å². The molecule has 0 atom stereocenters. The van der Waals surface area contributed by atoms with Crippen LogP contribution < -0.4 is 16.3 Å². The van der Waals surface area contributed by atoms with Crippen LogP contribution in [-0.2, 0) is 16.1 Å². The van der Waals surface area contributed by atoms with E-state index in [0.717, 1.165) is 5.56 Å². The van der Waals surface area contributed by atoms with Crippen molar-refractivity contribution < 1.29 is 14.3 Å². The Morgan fingerprint density at radius 3 is 2.68 bits per heavy atom. The summed E-state index contributed by atoms with van der Waals surface area (Å²) in [5.74, 6) is -0.159. The SMILES string of the molecule is CC(C)(C)OC(=O)NCCCC(=O)Nc1cccc(Cn2nc3ccccn3c2=O)c1. The quantitative estimate of drug-likeness (QED) is 0.566. The highest BCUT2D eigenvalue weighted by Crippen LogP contribution is 2.12. The van der Waals surface area contributed by atoms with Crippen LogP contribution in [-0.4, -0.2) is 38.3 Å². The van der Waals surface area contributed by atoms with E-state index in [-0.39, 0.29) is 18.0 Å². The minimum atomic E-state index is -0.555. The molecular formula is C22H27N5O4. The summed E-state index contributed by atoms with van der Waals surface area (Å²) >= 11 is 0. The van der Waals surface area contributed by atoms with Crippen molar-refractivity contribution >= 4 is 23.3 Å². The highest BCUT2D eigenvalue weighted by atomic mass is 16.6. The number of aromatic nitrogens is 3. The van der Waals surface area contributed by atoms with E-state index in [9.17, 15) is 14.4 Å². The molecule has 164 valence electrons. The Morgan fingerprint density at radius 2 is 1.94 bits per heavy atom. The topological polar surface area (TPSA) is 107 Å². The number of carbonyl (C=O) groups excluding carboxylic acids is 2. The van der Waals surface area contributed by atoms with Gasteiger partial charge in [-0.3, -0.25) is 9.20 Å². The highest BCUT2D eigenvalue weighted by Gasteiger charge is 2.15. The summed E-state index contributed by atoms with van der Waals surface area (Å²) in [5, 5.41) is 9.79. The third-order valence-electron chi connectivity index (χ3n) is 4.28. The van der Waals surface area contributed by atoms with Crippen LogP contribution in [0.4, 0.5) is 10.5 Å². The molecule has 2 N–H and O–H groups in total. The van der Waals surface area contributed by atoms with Gasteiger partial charge in [-0.05, 0) is 57.0 Å². The number of fused-ring (bicyclic) bond motifs is 1. The van der Waals surface area contributed by atoms with Crippen LogP contribution in [0.1, 0.15) is 39.2 Å². The van der Waals surface area contributed by atoms with E-state index in [2.05, 4.69) is 15.7 Å². The first-order chi connectivity index (χ1) is 14.7. The fourth-order valence-corrected chi connectivity index (χ4v) is 2.97. The standard InChI is InChI=1S/C22H27N5O4/c1-22(2,3)31-20(29)23-12-7-11-19(28)24-17-9-6-8-16(14-17)15-27-21(30)26-13-5-4-10-18(26)25-27/h4-6,8-10,13-14H,7,11-12,15H2,1-3H3,(H,23,29)(H,24,28). The number of hydrogen-bond acceptors (Lipinski definition) is 5. The van der Waals surface area contributed by atoms with Crippen molar-refractivity contribution in [3.05, 3.63) is 64.7 Å². The fourth-order valence-electron chi connectivity index (χ4n) is 2.97. The van der Waals surface area contributed by atoms with Gasteiger partial charge in [0.1, 0.15) is 5.60 Å². The van der Waals surface area contributed by atoms with E-state index < -0.39 is 11.7 Å². The molecule has 31 heavy (non-hydrogen) atoms. The molecule has 0 aliphatic heterocycles. The Morgan fingerprint density at radius 1 is 1.13 bits per heavy atom. The van der Waals surface area contributed by atoms with Gasteiger partial charge in [0.2, 0.25) is 5.91 Å². The van der Waals surface area contributed by atoms with Crippen LogP contribution in [0.15, 0.2) is 53.5 Å². The monoisotopic (exact) mass is 425 g/mol. The molecular weight excluding hydrogens is 398 g/mol. The first kappa shape index (κ1) is 22.1. The minimum Gasteiger partial charge on any atom is -0.444 e. The van der Waals surface area contributed by atoms with Gasteiger partial charge in [-0.1, -0.05) is 18.2 Å². The molecule has 9 heteroatoms. The van der Waals surface area contributed by atoms with E-state index >= 15 is 0 Å². The van der Waals surface area contributed by atoms with Crippen LogP contribution in [0.2, 0.25) is 0 Å². The number of hydrogen-bond donors (Lipinski definition) is 2. The van der Waals surface area contributed by atoms with Crippen molar-refractivity contribution in [2.45, 2.75) is 45.8 Å². The zero-order valence-corrected chi connectivity index (χ0v) is 17.9. The molecule has 2 amide bonds. The lowest BCUT2D eigenvalue weighted by Gasteiger charge is -2.19. The number of carbonyl (C=O) groups is 2. The molecule has 0 bridgehead atoms. The maximum atomic E-state index is 12.4. The van der Waals surface area contributed by atoms with Gasteiger partial charge in [-0.2, -0.15) is 0 Å². The zero-order chi connectivity index (χ0) is 22.4. The first-order valence-electron chi connectivity index (χ1n) is 10.1. The Labute approximate surface area is 180 Å². The average molecular weight is 425 g/mol. The molecule has 0 spiro atoms. The van der Waals surface area contributed by atoms with Gasteiger partial charge in [-0.25, -0.2) is 14.3 Å². The minimum absolute atomic E-state index is 0.159. The molecule has 0 saturated carbocycles. The summed E-state index contributed by atoms with van der Waals surface area (Å²) < 4.78 is 8.02. The van der Waals surface area contributed by atoms with Crippen LogP contribution in [0.3, 0.4) is 0 Å². The molecule has 3 aromatic rings. The van der Waals surface area contributed by atoms with E-state index in [1.54, 1.807) is 45.2 Å². The highest BCUT2D eigenvalue weighted by molar-refractivity contribution is 5.90. The number of nitrogens with zero attached hydrogens (tertiary/aromatic N) is 3. The van der Waals surface area contributed by atoms with Gasteiger partial charge in [0.05, 0.1) is 6.54 Å². The second-order valence-corrected chi connectivity index (χ2v) is 8.15. The Hall–Kier alpha value is -3.62. The second kappa shape index (κ2) is 9.46. The van der Waals surface area contributed by atoms with Gasteiger partial charge >= 0.3 is 11.8 Å². The van der Waals surface area contributed by atoms with Crippen LogP contribution >= 0.6 is 0 Å². The van der Waals surface area contributed by atoms with Crippen molar-refractivity contribution in [2.24, 2.45) is 0 Å². The lowest BCUT2D eigenvalue weighted by atomic mass is 10.2. The van der Waals surface area contributed by atoms with Crippen LogP contribution in [0, 0.1) is 0 Å². The molecule has 0 aliphatic carbocycles. The number of ether oxygens (including phenoxy) is 1. The predicted molar refractivity (Wildman–Crippen MR) is 117 cm³/mol. The molecule has 0 saturated heterocycles. The van der Waals surface area contributed by atoms with E-state index in [1.807, 2.05) is 24.3 Å². The molecule has 0 aliphatic rings. The maximum absolute atomic E-state index is 12.4. The lowest BCUT2D eigenvalue weighted by molar-refractivity contribution is -0.116. The fraction of sp³-hybridized carbons (Fsp3) is 0.364. The van der Waals surface area contributed by atoms with Gasteiger partial charge < -0.3 is 15.4 Å². The molecule has 1 aromatic carbocycles. The number of benzene rings is 1. The Bertz CT molecular complexity index is 1130. The summed E-state index contributed by atoms with van der Waals surface area (Å²) in [4.78, 5) is 36.2. The molecule has 9 nitrogen and oxygen atoms in total. The van der Waals surface area contributed by atoms with Crippen LogP contribution in [0.5, 0.6) is 0 Å². The average Bonchev–Trinajstić information content (AvgIpc) is 3.00. The number of anilines is 1. The summed E-state index contributed by atoms with van der Waals surface area (Å²) in [5.41, 5.74) is 1.29. The second-order valence-electron chi connectivity index (χ2n) is 8.15. The van der Waals surface area contributed by atoms with Crippen molar-refractivity contribution in [1.82, 2.24) is 19.5 Å². The molecule has 2 heterocycles. The first-order valence-corrected chi connectivity index (χ1v) is 10.1. The van der Waals surface area contributed by atoms with Gasteiger partial charge in [0.25, 0.3) is 0 Å². The van der Waals surface area contributed by atoms with E-state index in [4.69, 9.17) is 4.74 Å². The van der Waals surface area contributed by atoms with Gasteiger partial charge in [0, 0.05) is 24.8 Å². The van der Waals surface area contributed by atoms with Gasteiger partial charge in [0.15, 0.2) is 5.65 Å². The number of pyridine rings is 1. The third kappa shape index (κ3) is 6.43. The number of nitrogens with one attached hydrogen (secondary N) is 2. The molecule has 0 fully saturated rings. The third-order valence-corrected chi connectivity index (χ3v) is 4.28. The molecule has 3 rings (SSSR count). The molecule has 2 aromatic heterocycles. The van der Waals surface area contributed by atoms with Gasteiger partial charge in [-0.15, -0.1) is 5.10 Å². The maximum Gasteiger partial charge on any atom is 0.407 e. The Kier molecular flexibility index (Phi) is 6.74. The molecule has 0 radical (unpaired) electrons. The van der Waals surface area contributed by atoms with Crippen molar-refractivity contribution in [3.8, 4) is 0 Å². The van der Waals surface area contributed by atoms with E-state index in [1.165, 1.54) is 9.08 Å². The lowest BCUT2D eigenvalue weighted by Crippen LogP contribution is -2.33. The smallest absolute Gasteiger partial charge is 0.407 e. The van der Waals surface area contributed by atoms with Crippen molar-refractivity contribution in [3.63, 3.8) is 0 Å². The normalized spacial score (nSPS) is 11.3. The zero-order valence-electron chi connectivity index (χ0n) is 17.9.